The van der Waals surface area contributed by atoms with Gasteiger partial charge in [-0.05, 0) is 99.1 Å². The number of nitrogens with zero attached hydrogens (tertiary/aromatic N) is 1. The summed E-state index contributed by atoms with van der Waals surface area (Å²) in [7, 11) is 2.02. The molecule has 8 nitrogen and oxygen atoms in total. The number of benzene rings is 3. The average molecular weight is 654 g/mol. The van der Waals surface area contributed by atoms with E-state index in [4.69, 9.17) is 9.47 Å². The molecule has 0 radical (unpaired) electrons. The van der Waals surface area contributed by atoms with Gasteiger partial charge in [0.25, 0.3) is 0 Å². The summed E-state index contributed by atoms with van der Waals surface area (Å²) in [4.78, 5) is 15.5. The Morgan fingerprint density at radius 1 is 0.917 bits per heavy atom. The third-order valence-electron chi connectivity index (χ3n) is 11.7. The van der Waals surface area contributed by atoms with Gasteiger partial charge in [-0.25, -0.2) is 4.79 Å². The van der Waals surface area contributed by atoms with Gasteiger partial charge >= 0.3 is 6.03 Å². The van der Waals surface area contributed by atoms with E-state index in [9.17, 15) is 15.0 Å². The summed E-state index contributed by atoms with van der Waals surface area (Å²) in [6, 6.07) is 25.2. The van der Waals surface area contributed by atoms with Crippen LogP contribution in [0.3, 0.4) is 0 Å². The zero-order valence-corrected chi connectivity index (χ0v) is 28.4. The van der Waals surface area contributed by atoms with E-state index < -0.39 is 12.4 Å². The van der Waals surface area contributed by atoms with Crippen molar-refractivity contribution >= 4 is 11.7 Å². The summed E-state index contributed by atoms with van der Waals surface area (Å²) < 4.78 is 13.4. The van der Waals surface area contributed by atoms with Crippen LogP contribution in [0.2, 0.25) is 0 Å². The normalized spacial score (nSPS) is 32.2. The van der Waals surface area contributed by atoms with Crippen LogP contribution in [0.1, 0.15) is 93.1 Å². The van der Waals surface area contributed by atoms with E-state index >= 15 is 0 Å². The van der Waals surface area contributed by atoms with Gasteiger partial charge in [0.2, 0.25) is 0 Å². The number of amides is 2. The minimum Gasteiger partial charge on any atom is -0.392 e. The monoisotopic (exact) mass is 653 g/mol. The molecule has 256 valence electrons. The highest BCUT2D eigenvalue weighted by molar-refractivity contribution is 5.90. The van der Waals surface area contributed by atoms with Crippen molar-refractivity contribution < 1.29 is 24.5 Å². The molecule has 5 fully saturated rings. The molecule has 3 aromatic rings. The second-order valence-corrected chi connectivity index (χ2v) is 15.3. The maximum atomic E-state index is 13.4. The lowest BCUT2D eigenvalue weighted by atomic mass is 9.53. The summed E-state index contributed by atoms with van der Waals surface area (Å²) in [5, 5.41) is 27.3. The van der Waals surface area contributed by atoms with E-state index in [2.05, 4.69) is 22.5 Å². The van der Waals surface area contributed by atoms with Crippen LogP contribution in [0.15, 0.2) is 78.9 Å². The Bertz CT molecular complexity index is 1510. The number of hydrogen-bond donors (Lipinski definition) is 4. The molecule has 0 unspecified atom stereocenters. The van der Waals surface area contributed by atoms with Crippen molar-refractivity contribution in [3.8, 4) is 0 Å². The minimum atomic E-state index is -0.663. The number of carbonyl (C=O) groups excluding carboxylic acids is 1. The largest absolute Gasteiger partial charge is 0.392 e. The Kier molecular flexibility index (Phi) is 9.64. The number of urea groups is 1. The first-order chi connectivity index (χ1) is 23.2. The lowest BCUT2D eigenvalue weighted by Gasteiger charge is -2.56. The van der Waals surface area contributed by atoms with Gasteiger partial charge in [0.1, 0.15) is 0 Å². The third-order valence-corrected chi connectivity index (χ3v) is 11.7. The first-order valence-electron chi connectivity index (χ1n) is 17.8. The maximum Gasteiger partial charge on any atom is 0.319 e. The number of nitrogens with one attached hydrogen (secondary N) is 2. The van der Waals surface area contributed by atoms with E-state index in [1.807, 2.05) is 92.8 Å². The number of aliphatic hydroxyl groups is 2. The molecule has 4 bridgehead atoms. The van der Waals surface area contributed by atoms with E-state index in [0.29, 0.717) is 12.2 Å². The Morgan fingerprint density at radius 3 is 2.23 bits per heavy atom. The quantitative estimate of drug-likeness (QED) is 0.186. The molecule has 6 atom stereocenters. The molecule has 4 saturated carbocycles. The second-order valence-electron chi connectivity index (χ2n) is 15.3. The lowest BCUT2D eigenvalue weighted by molar-refractivity contribution is -0.276. The minimum absolute atomic E-state index is 0.00268. The van der Waals surface area contributed by atoms with Crippen molar-refractivity contribution in [3.05, 3.63) is 101 Å². The van der Waals surface area contributed by atoms with Crippen LogP contribution in [0.5, 0.6) is 0 Å². The molecular formula is C40H51N3O5. The van der Waals surface area contributed by atoms with Crippen molar-refractivity contribution in [2.24, 2.45) is 23.7 Å². The van der Waals surface area contributed by atoms with Crippen LogP contribution < -0.4 is 10.6 Å². The van der Waals surface area contributed by atoms with Gasteiger partial charge < -0.3 is 30.3 Å². The highest BCUT2D eigenvalue weighted by Crippen LogP contribution is 2.55. The van der Waals surface area contributed by atoms with Crippen LogP contribution in [-0.2, 0) is 16.1 Å². The van der Waals surface area contributed by atoms with Crippen molar-refractivity contribution in [1.29, 1.82) is 0 Å². The lowest BCUT2D eigenvalue weighted by Crippen LogP contribution is -2.60. The molecule has 3 aromatic carbocycles. The molecule has 2 amide bonds. The highest BCUT2D eigenvalue weighted by Gasteiger charge is 2.51. The first-order valence-corrected chi connectivity index (χ1v) is 17.8. The molecule has 0 aromatic heterocycles. The number of ether oxygens (including phenoxy) is 2. The fourth-order valence-corrected chi connectivity index (χ4v) is 9.38. The average Bonchev–Trinajstić information content (AvgIpc) is 3.08. The standard InChI is InChI=1S/C40H51N3O5/c1-25-35(23-43(3)26(2)36(45)31-8-5-4-6-9-31)47-38(48-37(25)32-14-12-27(24-44)13-15-32)33-10-7-11-34(19-33)41-39(46)42-40-20-28-16-29(21-40)18-30(17-28)22-40/h4-15,19,25-26,28-30,35-38,44-45H,16-18,20-24H2,1-3H3,(H2,41,42,46)/t25-,26+,28?,29?,30?,35+,36+,37+,38+,40?/m1/s1. The van der Waals surface area contributed by atoms with Gasteiger partial charge in [-0.1, -0.05) is 73.7 Å². The number of hydrogen-bond acceptors (Lipinski definition) is 6. The van der Waals surface area contributed by atoms with Gasteiger partial charge in [0.05, 0.1) is 24.9 Å². The van der Waals surface area contributed by atoms with Gasteiger partial charge in [-0.15, -0.1) is 0 Å². The molecule has 5 aliphatic rings. The number of anilines is 1. The Labute approximate surface area is 284 Å². The molecule has 4 aliphatic carbocycles. The number of aliphatic hydroxyl groups excluding tert-OH is 2. The van der Waals surface area contributed by atoms with Crippen molar-refractivity contribution in [2.45, 2.75) is 95.2 Å². The van der Waals surface area contributed by atoms with Crippen LogP contribution in [-0.4, -0.2) is 52.4 Å². The summed E-state index contributed by atoms with van der Waals surface area (Å²) in [5.41, 5.74) is 4.22. The molecule has 8 rings (SSSR count). The number of rotatable bonds is 10. The molecule has 4 N–H and O–H groups in total. The van der Waals surface area contributed by atoms with E-state index in [0.717, 1.165) is 59.3 Å². The summed E-state index contributed by atoms with van der Waals surface area (Å²) in [6.45, 7) is 4.75. The van der Waals surface area contributed by atoms with E-state index in [1.54, 1.807) is 0 Å². The summed E-state index contributed by atoms with van der Waals surface area (Å²) >= 11 is 0. The van der Waals surface area contributed by atoms with Crippen LogP contribution >= 0.6 is 0 Å². The Hall–Kier alpha value is -3.27. The number of carbonyl (C=O) groups is 1. The van der Waals surface area contributed by atoms with Crippen LogP contribution in [0, 0.1) is 23.7 Å². The smallest absolute Gasteiger partial charge is 0.319 e. The molecule has 8 heteroatoms. The van der Waals surface area contributed by atoms with Crippen molar-refractivity contribution in [3.63, 3.8) is 0 Å². The Morgan fingerprint density at radius 2 is 1.58 bits per heavy atom. The molecule has 0 spiro atoms. The van der Waals surface area contributed by atoms with Crippen molar-refractivity contribution in [2.75, 3.05) is 18.9 Å². The van der Waals surface area contributed by atoms with E-state index in [1.165, 1.54) is 19.3 Å². The van der Waals surface area contributed by atoms with Crippen molar-refractivity contribution in [1.82, 2.24) is 10.2 Å². The van der Waals surface area contributed by atoms with E-state index in [-0.39, 0.29) is 42.3 Å². The predicted molar refractivity (Wildman–Crippen MR) is 186 cm³/mol. The third kappa shape index (κ3) is 7.05. The van der Waals surface area contributed by atoms with Gasteiger partial charge in [-0.3, -0.25) is 4.90 Å². The van der Waals surface area contributed by atoms with Crippen LogP contribution in [0.25, 0.3) is 0 Å². The predicted octanol–water partition coefficient (Wildman–Crippen LogP) is 7.11. The molecule has 1 saturated heterocycles. The second kappa shape index (κ2) is 13.9. The molecular weight excluding hydrogens is 602 g/mol. The maximum absolute atomic E-state index is 13.4. The topological polar surface area (TPSA) is 103 Å². The Balaban J connectivity index is 1.08. The first kappa shape index (κ1) is 33.2. The summed E-state index contributed by atoms with van der Waals surface area (Å²) in [5.74, 6) is 2.27. The number of likely N-dealkylation sites (N-methyl/N-ethyl adjacent to an activating group) is 1. The zero-order chi connectivity index (χ0) is 33.4. The fourth-order valence-electron chi connectivity index (χ4n) is 9.38. The van der Waals surface area contributed by atoms with Gasteiger partial charge in [0, 0.05) is 35.3 Å². The van der Waals surface area contributed by atoms with Gasteiger partial charge in [0.15, 0.2) is 6.29 Å². The van der Waals surface area contributed by atoms with Gasteiger partial charge in [-0.2, -0.15) is 0 Å². The van der Waals surface area contributed by atoms with Crippen LogP contribution in [0.4, 0.5) is 10.5 Å². The summed E-state index contributed by atoms with van der Waals surface area (Å²) in [6.07, 6.45) is 5.53. The highest BCUT2D eigenvalue weighted by atomic mass is 16.7. The molecule has 48 heavy (non-hydrogen) atoms. The SMILES string of the molecule is C[C@@H]1[C@H](CN(C)[C@@H](C)[C@H](O)c2ccccc2)O[C@H](c2cccc(NC(=O)NC34CC5CC(CC(C5)C3)C4)c2)O[C@@H]1c1ccc(CO)cc1. The fraction of sp³-hybridized carbons (Fsp3) is 0.525. The molecule has 1 heterocycles. The zero-order valence-electron chi connectivity index (χ0n) is 28.4. The molecule has 1 aliphatic heterocycles.